The van der Waals surface area contributed by atoms with Crippen molar-refractivity contribution < 1.29 is 14.3 Å². The van der Waals surface area contributed by atoms with E-state index in [-0.39, 0.29) is 12.4 Å². The van der Waals surface area contributed by atoms with Gasteiger partial charge in [0.05, 0.1) is 0 Å². The summed E-state index contributed by atoms with van der Waals surface area (Å²) in [6, 6.07) is 3.46. The molecule has 1 aromatic rings. The number of halogens is 1. The van der Waals surface area contributed by atoms with Gasteiger partial charge in [-0.2, -0.15) is 0 Å². The van der Waals surface area contributed by atoms with E-state index in [2.05, 4.69) is 4.84 Å². The number of hydrogen-bond donors (Lipinski definition) is 1. The van der Waals surface area contributed by atoms with Gasteiger partial charge in [0, 0.05) is 17.5 Å². The number of benzene rings is 1. The lowest BCUT2D eigenvalue weighted by Crippen LogP contribution is -1.90. The van der Waals surface area contributed by atoms with Crippen LogP contribution in [0.25, 0.3) is 0 Å². The molecule has 0 aliphatic carbocycles. The summed E-state index contributed by atoms with van der Waals surface area (Å²) in [5.41, 5.74) is 0.342. The van der Waals surface area contributed by atoms with E-state index in [0.717, 1.165) is 6.07 Å². The molecule has 0 aliphatic rings. The van der Waals surface area contributed by atoms with Crippen molar-refractivity contribution in [3.05, 3.63) is 29.6 Å². The fourth-order valence-electron chi connectivity index (χ4n) is 0.729. The van der Waals surface area contributed by atoms with E-state index in [9.17, 15) is 4.39 Å². The highest BCUT2D eigenvalue weighted by Crippen LogP contribution is 2.18. The van der Waals surface area contributed by atoms with Crippen LogP contribution >= 0.6 is 0 Å². The van der Waals surface area contributed by atoms with Crippen molar-refractivity contribution >= 4 is 0 Å². The van der Waals surface area contributed by atoms with Crippen LogP contribution in [0.2, 0.25) is 0 Å². The summed E-state index contributed by atoms with van der Waals surface area (Å²) >= 11 is 0. The lowest BCUT2D eigenvalue weighted by atomic mass is 10.2. The molecule has 0 bridgehead atoms. The van der Waals surface area contributed by atoms with Gasteiger partial charge in [0.15, 0.2) is 0 Å². The number of nitrogens with zero attached hydrogens (tertiary/aromatic N) is 1. The minimum atomic E-state index is -0.524. The lowest BCUT2D eigenvalue weighted by molar-refractivity contribution is 0.103. The van der Waals surface area contributed by atoms with Gasteiger partial charge < -0.3 is 5.11 Å². The molecule has 0 saturated carbocycles. The van der Waals surface area contributed by atoms with Crippen molar-refractivity contribution in [3.8, 4) is 5.75 Å². The molecule has 0 saturated heterocycles. The Morgan fingerprint density at radius 1 is 1.55 bits per heavy atom. The Hall–Kier alpha value is -1.13. The monoisotopic (exact) mass is 155 g/mol. The second-order valence-electron chi connectivity index (χ2n) is 2.05. The maximum Gasteiger partial charge on any atom is 0.126 e. The van der Waals surface area contributed by atoms with Gasteiger partial charge in [-0.1, -0.05) is 6.07 Å². The summed E-state index contributed by atoms with van der Waals surface area (Å²) < 4.78 is 12.3. The van der Waals surface area contributed by atoms with Gasteiger partial charge >= 0.3 is 0 Å². The zero-order valence-electron chi connectivity index (χ0n) is 5.62. The summed E-state index contributed by atoms with van der Waals surface area (Å²) in [5, 5.41) is 8.99. The fraction of sp³-hybridized carbons (Fsp3) is 0.143. The third kappa shape index (κ3) is 1.89. The molecule has 3 nitrogen and oxygen atoms in total. The van der Waals surface area contributed by atoms with E-state index in [1.54, 1.807) is 0 Å². The molecule has 2 radical (unpaired) electrons. The number of rotatable bonds is 2. The molecule has 58 valence electrons. The number of phenols is 1. The number of aromatic hydroxyl groups is 1. The summed E-state index contributed by atoms with van der Waals surface area (Å²) in [6.45, 7) is -0.147. The first kappa shape index (κ1) is 7.97. The maximum atomic E-state index is 12.3. The van der Waals surface area contributed by atoms with Crippen LogP contribution in [0.4, 0.5) is 4.39 Å². The Balaban J connectivity index is 2.90. The Morgan fingerprint density at radius 2 is 2.27 bits per heavy atom. The molecule has 0 atom stereocenters. The average Bonchev–Trinajstić information content (AvgIpc) is 1.95. The summed E-state index contributed by atoms with van der Waals surface area (Å²) in [7, 11) is 0. The van der Waals surface area contributed by atoms with E-state index < -0.39 is 5.82 Å². The zero-order valence-corrected chi connectivity index (χ0v) is 5.62. The lowest BCUT2D eigenvalue weighted by Gasteiger charge is -2.00. The average molecular weight is 155 g/mol. The summed E-state index contributed by atoms with van der Waals surface area (Å²) in [5.74, 6) is 7.26. The molecule has 1 rings (SSSR count). The summed E-state index contributed by atoms with van der Waals surface area (Å²) in [4.78, 5) is 3.77. The highest BCUT2D eigenvalue weighted by Gasteiger charge is 2.01. The SMILES string of the molecule is [N]OCc1ccc(F)cc1O. The van der Waals surface area contributed by atoms with Gasteiger partial charge in [-0.15, -0.1) is 0 Å². The van der Waals surface area contributed by atoms with E-state index in [0.29, 0.717) is 5.56 Å². The molecule has 0 aliphatic heterocycles. The first-order valence-corrected chi connectivity index (χ1v) is 2.98. The molecule has 0 unspecified atom stereocenters. The number of phenolic OH excluding ortho intramolecular Hbond substituents is 1. The first-order valence-electron chi connectivity index (χ1n) is 2.98. The van der Waals surface area contributed by atoms with Crippen LogP contribution in [0.1, 0.15) is 5.56 Å². The molecular formula is C7H6FNO2. The highest BCUT2D eigenvalue weighted by molar-refractivity contribution is 5.31. The van der Waals surface area contributed by atoms with E-state index in [4.69, 9.17) is 11.0 Å². The molecule has 0 amide bonds. The van der Waals surface area contributed by atoms with E-state index in [1.165, 1.54) is 12.1 Å². The van der Waals surface area contributed by atoms with Crippen LogP contribution in [0.3, 0.4) is 0 Å². The second-order valence-corrected chi connectivity index (χ2v) is 2.05. The van der Waals surface area contributed by atoms with Crippen molar-refractivity contribution in [1.29, 1.82) is 0 Å². The first-order chi connectivity index (χ1) is 5.24. The van der Waals surface area contributed by atoms with Gasteiger partial charge in [-0.05, 0) is 6.07 Å². The van der Waals surface area contributed by atoms with Gasteiger partial charge in [-0.3, -0.25) is 4.84 Å². The van der Waals surface area contributed by atoms with Crippen LogP contribution in [0.15, 0.2) is 18.2 Å². The third-order valence-corrected chi connectivity index (χ3v) is 1.27. The largest absolute Gasteiger partial charge is 0.507 e. The van der Waals surface area contributed by atoms with Gasteiger partial charge in [0.25, 0.3) is 0 Å². The predicted molar refractivity (Wildman–Crippen MR) is 35.0 cm³/mol. The zero-order chi connectivity index (χ0) is 8.27. The van der Waals surface area contributed by atoms with Crippen molar-refractivity contribution in [1.82, 2.24) is 5.90 Å². The van der Waals surface area contributed by atoms with Crippen LogP contribution in [-0.4, -0.2) is 5.11 Å². The Morgan fingerprint density at radius 3 is 2.82 bits per heavy atom. The number of hydrogen-bond acceptors (Lipinski definition) is 2. The van der Waals surface area contributed by atoms with Crippen LogP contribution in [0.5, 0.6) is 5.75 Å². The van der Waals surface area contributed by atoms with Gasteiger partial charge in [0.1, 0.15) is 18.2 Å². The van der Waals surface area contributed by atoms with Crippen molar-refractivity contribution in [2.45, 2.75) is 6.61 Å². The smallest absolute Gasteiger partial charge is 0.126 e. The molecule has 0 spiro atoms. The minimum Gasteiger partial charge on any atom is -0.507 e. The minimum absolute atomic E-state index is 0.147. The molecular weight excluding hydrogens is 149 g/mol. The van der Waals surface area contributed by atoms with Crippen LogP contribution in [0, 0.1) is 5.82 Å². The topological polar surface area (TPSA) is 51.8 Å². The molecule has 0 aromatic heterocycles. The molecule has 0 heterocycles. The van der Waals surface area contributed by atoms with E-state index in [1.807, 2.05) is 0 Å². The highest BCUT2D eigenvalue weighted by atomic mass is 19.1. The van der Waals surface area contributed by atoms with Gasteiger partial charge in [-0.25, -0.2) is 4.39 Å². The van der Waals surface area contributed by atoms with Crippen molar-refractivity contribution in [2.24, 2.45) is 0 Å². The third-order valence-electron chi connectivity index (χ3n) is 1.27. The van der Waals surface area contributed by atoms with E-state index >= 15 is 0 Å². The van der Waals surface area contributed by atoms with Crippen molar-refractivity contribution in [3.63, 3.8) is 0 Å². The van der Waals surface area contributed by atoms with Gasteiger partial charge in [0.2, 0.25) is 0 Å². The fourth-order valence-corrected chi connectivity index (χ4v) is 0.729. The Bertz CT molecular complexity index is 252. The Kier molecular flexibility index (Phi) is 2.40. The van der Waals surface area contributed by atoms with Crippen molar-refractivity contribution in [2.75, 3.05) is 0 Å². The quantitative estimate of drug-likeness (QED) is 0.648. The molecule has 11 heavy (non-hydrogen) atoms. The van der Waals surface area contributed by atoms with Crippen LogP contribution < -0.4 is 5.90 Å². The second kappa shape index (κ2) is 3.32. The molecule has 1 N–H and O–H groups in total. The normalized spacial score (nSPS) is 10.0. The molecule has 0 fully saturated rings. The molecule has 1 aromatic carbocycles. The standard InChI is InChI=1S/C7H6FNO2/c8-6-2-1-5(4-11-9)7(10)3-6/h1-3,10H,4H2. The predicted octanol–water partition coefficient (Wildman–Crippen LogP) is 1.03. The van der Waals surface area contributed by atoms with Crippen LogP contribution in [-0.2, 0) is 11.4 Å². The molecule has 4 heteroatoms. The maximum absolute atomic E-state index is 12.3. The Labute approximate surface area is 63.2 Å². The summed E-state index contributed by atoms with van der Waals surface area (Å²) in [6.07, 6.45) is 0.